The van der Waals surface area contributed by atoms with Crippen molar-refractivity contribution in [1.29, 1.82) is 0 Å². The number of hydrogen-bond donors (Lipinski definition) is 0. The molecule has 0 amide bonds. The number of rotatable bonds is 4. The van der Waals surface area contributed by atoms with E-state index < -0.39 is 0 Å². The third-order valence-electron chi connectivity index (χ3n) is 4.75. The second-order valence-corrected chi connectivity index (χ2v) is 6.93. The van der Waals surface area contributed by atoms with E-state index in [1.165, 1.54) is 11.1 Å². The van der Waals surface area contributed by atoms with Gasteiger partial charge in [0.15, 0.2) is 5.78 Å². The minimum absolute atomic E-state index is 0.0779. The summed E-state index contributed by atoms with van der Waals surface area (Å²) in [6, 6.07) is 23.7. The van der Waals surface area contributed by atoms with Crippen molar-refractivity contribution in [2.75, 3.05) is 0 Å². The van der Waals surface area contributed by atoms with Gasteiger partial charge in [-0.15, -0.1) is 0 Å². The zero-order valence-electron chi connectivity index (χ0n) is 15.9. The van der Waals surface area contributed by atoms with Crippen LogP contribution >= 0.6 is 0 Å². The van der Waals surface area contributed by atoms with E-state index in [9.17, 15) is 4.79 Å². The summed E-state index contributed by atoms with van der Waals surface area (Å²) < 4.78 is 0. The Morgan fingerprint density at radius 3 is 1.29 bits per heavy atom. The maximum Gasteiger partial charge on any atom is 0.196 e. The number of hydrogen-bond acceptors (Lipinski definition) is 3. The summed E-state index contributed by atoms with van der Waals surface area (Å²) in [4.78, 5) is 21.7. The largest absolute Gasteiger partial charge is 0.288 e. The van der Waals surface area contributed by atoms with Gasteiger partial charge in [-0.05, 0) is 38.1 Å². The van der Waals surface area contributed by atoms with E-state index in [1.54, 1.807) is 12.4 Å². The van der Waals surface area contributed by atoms with Crippen LogP contribution in [0, 0.1) is 13.8 Å². The highest BCUT2D eigenvalue weighted by atomic mass is 16.1. The van der Waals surface area contributed by atoms with Crippen LogP contribution in [-0.4, -0.2) is 15.8 Å². The van der Waals surface area contributed by atoms with Crippen LogP contribution in [0.4, 0.5) is 0 Å². The van der Waals surface area contributed by atoms with E-state index in [0.717, 1.165) is 22.5 Å². The summed E-state index contributed by atoms with van der Waals surface area (Å²) in [5, 5.41) is 0. The number of pyridine rings is 2. The molecular weight excluding hydrogens is 344 g/mol. The summed E-state index contributed by atoms with van der Waals surface area (Å²) in [5.41, 5.74) is 7.30. The number of benzene rings is 2. The van der Waals surface area contributed by atoms with E-state index in [0.29, 0.717) is 11.1 Å². The first-order valence-electron chi connectivity index (χ1n) is 9.21. The fourth-order valence-corrected chi connectivity index (χ4v) is 3.01. The second-order valence-electron chi connectivity index (χ2n) is 6.93. The molecule has 136 valence electrons. The van der Waals surface area contributed by atoms with Crippen LogP contribution in [0.15, 0.2) is 85.2 Å². The average molecular weight is 364 g/mol. The Morgan fingerprint density at radius 2 is 0.964 bits per heavy atom. The molecule has 0 unspecified atom stereocenters. The number of nitrogens with zero attached hydrogens (tertiary/aromatic N) is 2. The SMILES string of the molecule is Cc1ccc(-c2ccc(C(=O)c3ccc(-c4ccc(C)cc4)nc3)cn2)cc1. The van der Waals surface area contributed by atoms with Gasteiger partial charge >= 0.3 is 0 Å². The van der Waals surface area contributed by atoms with Crippen molar-refractivity contribution in [3.05, 3.63) is 107 Å². The molecule has 0 N–H and O–H groups in total. The fourth-order valence-electron chi connectivity index (χ4n) is 3.01. The lowest BCUT2D eigenvalue weighted by Crippen LogP contribution is -2.03. The average Bonchev–Trinajstić information content (AvgIpc) is 2.75. The lowest BCUT2D eigenvalue weighted by molar-refractivity contribution is 0.103. The van der Waals surface area contributed by atoms with E-state index in [4.69, 9.17) is 0 Å². The quantitative estimate of drug-likeness (QED) is 0.439. The lowest BCUT2D eigenvalue weighted by atomic mass is 10.0. The van der Waals surface area contributed by atoms with Crippen molar-refractivity contribution in [2.45, 2.75) is 13.8 Å². The van der Waals surface area contributed by atoms with Gasteiger partial charge in [0.1, 0.15) is 0 Å². The summed E-state index contributed by atoms with van der Waals surface area (Å²) in [7, 11) is 0. The summed E-state index contributed by atoms with van der Waals surface area (Å²) in [6.45, 7) is 4.11. The molecule has 0 radical (unpaired) electrons. The third-order valence-corrected chi connectivity index (χ3v) is 4.75. The zero-order chi connectivity index (χ0) is 19.5. The number of aryl methyl sites for hydroxylation is 2. The smallest absolute Gasteiger partial charge is 0.196 e. The van der Waals surface area contributed by atoms with Gasteiger partial charge < -0.3 is 0 Å². The molecule has 0 spiro atoms. The number of carbonyl (C=O) groups excluding carboxylic acids is 1. The molecule has 0 aliphatic carbocycles. The molecule has 0 aliphatic heterocycles. The van der Waals surface area contributed by atoms with Crippen LogP contribution in [0.2, 0.25) is 0 Å². The minimum atomic E-state index is -0.0779. The van der Waals surface area contributed by atoms with Gasteiger partial charge in [-0.2, -0.15) is 0 Å². The third kappa shape index (κ3) is 3.74. The normalized spacial score (nSPS) is 10.6. The molecular formula is C25H20N2O. The number of ketones is 1. The van der Waals surface area contributed by atoms with Crippen molar-refractivity contribution in [3.8, 4) is 22.5 Å². The first kappa shape index (κ1) is 17.8. The topological polar surface area (TPSA) is 42.9 Å². The Labute approximate surface area is 164 Å². The highest BCUT2D eigenvalue weighted by Crippen LogP contribution is 2.20. The Hall–Kier alpha value is -3.59. The minimum Gasteiger partial charge on any atom is -0.288 e. The van der Waals surface area contributed by atoms with Crippen LogP contribution in [0.1, 0.15) is 27.0 Å². The second kappa shape index (κ2) is 7.57. The maximum atomic E-state index is 12.8. The highest BCUT2D eigenvalue weighted by Gasteiger charge is 2.11. The van der Waals surface area contributed by atoms with Gasteiger partial charge in [-0.1, -0.05) is 59.7 Å². The molecule has 4 rings (SSSR count). The molecule has 2 aromatic carbocycles. The van der Waals surface area contributed by atoms with Crippen LogP contribution < -0.4 is 0 Å². The van der Waals surface area contributed by atoms with Gasteiger partial charge in [-0.3, -0.25) is 14.8 Å². The first-order chi connectivity index (χ1) is 13.6. The lowest BCUT2D eigenvalue weighted by Gasteiger charge is -2.05. The van der Waals surface area contributed by atoms with E-state index >= 15 is 0 Å². The molecule has 3 nitrogen and oxygen atoms in total. The fraction of sp³-hybridized carbons (Fsp3) is 0.0800. The van der Waals surface area contributed by atoms with Crippen molar-refractivity contribution < 1.29 is 4.79 Å². The Morgan fingerprint density at radius 1 is 0.571 bits per heavy atom. The molecule has 0 aliphatic rings. The van der Waals surface area contributed by atoms with Crippen molar-refractivity contribution in [1.82, 2.24) is 9.97 Å². The number of carbonyl (C=O) groups is 1. The molecule has 0 bridgehead atoms. The van der Waals surface area contributed by atoms with Gasteiger partial charge in [0.2, 0.25) is 0 Å². The van der Waals surface area contributed by atoms with E-state index in [1.807, 2.05) is 48.5 Å². The zero-order valence-corrected chi connectivity index (χ0v) is 15.9. The molecule has 0 saturated heterocycles. The highest BCUT2D eigenvalue weighted by molar-refractivity contribution is 6.08. The van der Waals surface area contributed by atoms with Crippen LogP contribution in [0.25, 0.3) is 22.5 Å². The standard InChI is InChI=1S/C25H20N2O/c1-17-3-7-19(8-4-17)23-13-11-21(15-26-23)25(28)22-12-14-24(27-16-22)20-9-5-18(2)6-10-20/h3-16H,1-2H3. The van der Waals surface area contributed by atoms with Gasteiger partial charge in [0.05, 0.1) is 11.4 Å². The van der Waals surface area contributed by atoms with E-state index in [2.05, 4.69) is 48.1 Å². The molecule has 3 heteroatoms. The van der Waals surface area contributed by atoms with Gasteiger partial charge in [-0.25, -0.2) is 0 Å². The van der Waals surface area contributed by atoms with Crippen molar-refractivity contribution in [3.63, 3.8) is 0 Å². The van der Waals surface area contributed by atoms with Crippen LogP contribution in [-0.2, 0) is 0 Å². The molecule has 4 aromatic rings. The van der Waals surface area contributed by atoms with Crippen LogP contribution in [0.5, 0.6) is 0 Å². The molecule has 0 atom stereocenters. The summed E-state index contributed by atoms with van der Waals surface area (Å²) >= 11 is 0. The predicted octanol–water partition coefficient (Wildman–Crippen LogP) is 5.66. The Kier molecular flexibility index (Phi) is 4.81. The monoisotopic (exact) mass is 364 g/mol. The molecule has 28 heavy (non-hydrogen) atoms. The molecule has 0 saturated carbocycles. The maximum absolute atomic E-state index is 12.8. The van der Waals surface area contributed by atoms with Gasteiger partial charge in [0.25, 0.3) is 0 Å². The van der Waals surface area contributed by atoms with Crippen molar-refractivity contribution in [2.24, 2.45) is 0 Å². The molecule has 2 aromatic heterocycles. The summed E-state index contributed by atoms with van der Waals surface area (Å²) in [5.74, 6) is -0.0779. The Bertz CT molecular complexity index is 1000. The van der Waals surface area contributed by atoms with Gasteiger partial charge in [0, 0.05) is 34.6 Å². The number of aromatic nitrogens is 2. The predicted molar refractivity (Wildman–Crippen MR) is 112 cm³/mol. The van der Waals surface area contributed by atoms with Crippen molar-refractivity contribution >= 4 is 5.78 Å². The van der Waals surface area contributed by atoms with Crippen LogP contribution in [0.3, 0.4) is 0 Å². The molecule has 2 heterocycles. The van der Waals surface area contributed by atoms with E-state index in [-0.39, 0.29) is 5.78 Å². The summed E-state index contributed by atoms with van der Waals surface area (Å²) in [6.07, 6.45) is 3.26. The first-order valence-corrected chi connectivity index (χ1v) is 9.21. The molecule has 0 fully saturated rings. The Balaban J connectivity index is 1.54.